The third-order valence-corrected chi connectivity index (χ3v) is 3.44. The first-order valence-corrected chi connectivity index (χ1v) is 6.57. The molecule has 2 aromatic rings. The van der Waals surface area contributed by atoms with Crippen LogP contribution in [0.4, 0.5) is 4.39 Å². The van der Waals surface area contributed by atoms with Crippen molar-refractivity contribution in [2.45, 2.75) is 18.7 Å². The van der Waals surface area contributed by atoms with Gasteiger partial charge >= 0.3 is 0 Å². The van der Waals surface area contributed by atoms with Gasteiger partial charge in [-0.3, -0.25) is 0 Å². The van der Waals surface area contributed by atoms with Crippen LogP contribution in [-0.2, 0) is 6.42 Å². The van der Waals surface area contributed by atoms with E-state index in [1.807, 2.05) is 25.1 Å². The van der Waals surface area contributed by atoms with Crippen LogP contribution in [0.25, 0.3) is 0 Å². The molecule has 100 valence electrons. The van der Waals surface area contributed by atoms with Crippen LogP contribution in [0.1, 0.15) is 22.1 Å². The van der Waals surface area contributed by atoms with Gasteiger partial charge in [-0.25, -0.2) is 4.39 Å². The number of aryl methyl sites for hydroxylation is 1. The van der Waals surface area contributed by atoms with Crippen LogP contribution >= 0.6 is 11.6 Å². The lowest BCUT2D eigenvalue weighted by Gasteiger charge is -2.15. The van der Waals surface area contributed by atoms with Crippen LogP contribution in [0.2, 0.25) is 0 Å². The molecule has 2 rings (SSSR count). The Morgan fingerprint density at radius 3 is 2.47 bits per heavy atom. The van der Waals surface area contributed by atoms with E-state index in [4.69, 9.17) is 16.3 Å². The Hall–Kier alpha value is -1.54. The van der Waals surface area contributed by atoms with Crippen molar-refractivity contribution in [3.63, 3.8) is 0 Å². The summed E-state index contributed by atoms with van der Waals surface area (Å²) < 4.78 is 18.2. The quantitative estimate of drug-likeness (QED) is 0.739. The van der Waals surface area contributed by atoms with E-state index in [2.05, 4.69) is 0 Å². The van der Waals surface area contributed by atoms with Crippen molar-refractivity contribution in [3.8, 4) is 5.75 Å². The predicted molar refractivity (Wildman–Crippen MR) is 76.4 cm³/mol. The first-order valence-electron chi connectivity index (χ1n) is 6.13. The van der Waals surface area contributed by atoms with Gasteiger partial charge in [0.1, 0.15) is 11.6 Å². The summed E-state index contributed by atoms with van der Waals surface area (Å²) in [6.45, 7) is 2.02. The van der Waals surface area contributed by atoms with Gasteiger partial charge in [-0.1, -0.05) is 29.8 Å². The zero-order valence-corrected chi connectivity index (χ0v) is 11.7. The standard InChI is InChI=1S/C16H16ClFO/c1-11-3-8-16(19-2)14(9-11)15(17)10-12-4-6-13(18)7-5-12/h3-9,15H,10H2,1-2H3. The molecule has 1 unspecified atom stereocenters. The highest BCUT2D eigenvalue weighted by Gasteiger charge is 2.14. The fourth-order valence-electron chi connectivity index (χ4n) is 2.04. The van der Waals surface area contributed by atoms with Gasteiger partial charge in [0.05, 0.1) is 12.5 Å². The molecule has 0 bridgehead atoms. The number of benzene rings is 2. The zero-order chi connectivity index (χ0) is 13.8. The monoisotopic (exact) mass is 278 g/mol. The first kappa shape index (κ1) is 13.9. The fourth-order valence-corrected chi connectivity index (χ4v) is 2.38. The molecule has 0 amide bonds. The average Bonchev–Trinajstić information content (AvgIpc) is 2.41. The Morgan fingerprint density at radius 1 is 1.16 bits per heavy atom. The summed E-state index contributed by atoms with van der Waals surface area (Å²) in [6, 6.07) is 12.4. The highest BCUT2D eigenvalue weighted by molar-refractivity contribution is 6.21. The van der Waals surface area contributed by atoms with Gasteiger partial charge < -0.3 is 4.74 Å². The van der Waals surface area contributed by atoms with Crippen LogP contribution in [0.3, 0.4) is 0 Å². The molecule has 0 aliphatic heterocycles. The van der Waals surface area contributed by atoms with Crippen LogP contribution < -0.4 is 4.74 Å². The smallest absolute Gasteiger partial charge is 0.123 e. The number of hydrogen-bond acceptors (Lipinski definition) is 1. The van der Waals surface area contributed by atoms with Crippen LogP contribution in [0.5, 0.6) is 5.75 Å². The molecule has 0 aliphatic rings. The Bertz CT molecular complexity index is 551. The van der Waals surface area contributed by atoms with Crippen LogP contribution in [-0.4, -0.2) is 7.11 Å². The van der Waals surface area contributed by atoms with Gasteiger partial charge in [0, 0.05) is 5.56 Å². The fraction of sp³-hybridized carbons (Fsp3) is 0.250. The number of rotatable bonds is 4. The van der Waals surface area contributed by atoms with Gasteiger partial charge in [0.15, 0.2) is 0 Å². The van der Waals surface area contributed by atoms with Crippen molar-refractivity contribution in [2.75, 3.05) is 7.11 Å². The summed E-state index contributed by atoms with van der Waals surface area (Å²) in [6.07, 6.45) is 0.641. The van der Waals surface area contributed by atoms with Crippen molar-refractivity contribution >= 4 is 11.6 Å². The summed E-state index contributed by atoms with van der Waals surface area (Å²) in [7, 11) is 1.63. The largest absolute Gasteiger partial charge is 0.496 e. The van der Waals surface area contributed by atoms with E-state index >= 15 is 0 Å². The first-order chi connectivity index (χ1) is 9.10. The summed E-state index contributed by atoms with van der Waals surface area (Å²) in [5.41, 5.74) is 3.11. The summed E-state index contributed by atoms with van der Waals surface area (Å²) >= 11 is 6.46. The molecular weight excluding hydrogens is 263 g/mol. The number of ether oxygens (including phenoxy) is 1. The van der Waals surface area contributed by atoms with E-state index in [1.54, 1.807) is 19.2 Å². The predicted octanol–water partition coefficient (Wildman–Crippen LogP) is 4.67. The maximum atomic E-state index is 12.9. The van der Waals surface area contributed by atoms with Crippen molar-refractivity contribution < 1.29 is 9.13 Å². The van der Waals surface area contributed by atoms with Crippen molar-refractivity contribution in [2.24, 2.45) is 0 Å². The summed E-state index contributed by atoms with van der Waals surface area (Å²) in [4.78, 5) is 0. The second-order valence-electron chi connectivity index (χ2n) is 4.54. The Kier molecular flexibility index (Phi) is 4.43. The topological polar surface area (TPSA) is 9.23 Å². The second kappa shape index (κ2) is 6.07. The average molecular weight is 279 g/mol. The van der Waals surface area contributed by atoms with Crippen LogP contribution in [0.15, 0.2) is 42.5 Å². The maximum absolute atomic E-state index is 12.9. The number of hydrogen-bond donors (Lipinski definition) is 0. The third-order valence-electron chi connectivity index (χ3n) is 3.05. The zero-order valence-electron chi connectivity index (χ0n) is 11.0. The molecule has 0 radical (unpaired) electrons. The van der Waals surface area contributed by atoms with Crippen molar-refractivity contribution in [1.29, 1.82) is 0 Å². The van der Waals surface area contributed by atoms with Gasteiger partial charge in [-0.15, -0.1) is 11.6 Å². The molecule has 2 aromatic carbocycles. The lowest BCUT2D eigenvalue weighted by Crippen LogP contribution is -2.00. The molecule has 0 saturated heterocycles. The van der Waals surface area contributed by atoms with Crippen LogP contribution in [0, 0.1) is 12.7 Å². The summed E-state index contributed by atoms with van der Waals surface area (Å²) in [5, 5.41) is -0.194. The molecule has 0 heterocycles. The second-order valence-corrected chi connectivity index (χ2v) is 5.07. The minimum absolute atomic E-state index is 0.194. The van der Waals surface area contributed by atoms with E-state index in [-0.39, 0.29) is 11.2 Å². The molecule has 1 nitrogen and oxygen atoms in total. The van der Waals surface area contributed by atoms with Gasteiger partial charge in [-0.2, -0.15) is 0 Å². The number of halogens is 2. The molecule has 1 atom stereocenters. The van der Waals surface area contributed by atoms with E-state index in [0.29, 0.717) is 6.42 Å². The molecular formula is C16H16ClFO. The normalized spacial score (nSPS) is 12.2. The molecule has 0 aromatic heterocycles. The molecule has 19 heavy (non-hydrogen) atoms. The third kappa shape index (κ3) is 3.48. The Balaban J connectivity index is 2.21. The van der Waals surface area contributed by atoms with Gasteiger partial charge in [0.25, 0.3) is 0 Å². The van der Waals surface area contributed by atoms with Gasteiger partial charge in [-0.05, 0) is 37.1 Å². The van der Waals surface area contributed by atoms with E-state index in [1.165, 1.54) is 12.1 Å². The molecule has 3 heteroatoms. The highest BCUT2D eigenvalue weighted by atomic mass is 35.5. The highest BCUT2D eigenvalue weighted by Crippen LogP contribution is 2.33. The van der Waals surface area contributed by atoms with Crippen molar-refractivity contribution in [3.05, 3.63) is 65.0 Å². The van der Waals surface area contributed by atoms with E-state index < -0.39 is 0 Å². The molecule has 0 spiro atoms. The Morgan fingerprint density at radius 2 is 1.84 bits per heavy atom. The number of methoxy groups -OCH3 is 1. The minimum atomic E-state index is -0.233. The molecule has 0 aliphatic carbocycles. The van der Waals surface area contributed by atoms with E-state index in [9.17, 15) is 4.39 Å². The lowest BCUT2D eigenvalue weighted by atomic mass is 10.0. The van der Waals surface area contributed by atoms with Gasteiger partial charge in [0.2, 0.25) is 0 Å². The number of alkyl halides is 1. The van der Waals surface area contributed by atoms with Crippen molar-refractivity contribution in [1.82, 2.24) is 0 Å². The molecule has 0 N–H and O–H groups in total. The SMILES string of the molecule is COc1ccc(C)cc1C(Cl)Cc1ccc(F)cc1. The van der Waals surface area contributed by atoms with E-state index in [0.717, 1.165) is 22.4 Å². The molecule has 0 fully saturated rings. The minimum Gasteiger partial charge on any atom is -0.496 e. The summed E-state index contributed by atoms with van der Waals surface area (Å²) in [5.74, 6) is 0.552. The lowest BCUT2D eigenvalue weighted by molar-refractivity contribution is 0.409. The Labute approximate surface area is 118 Å². The molecule has 0 saturated carbocycles. The maximum Gasteiger partial charge on any atom is 0.123 e.